The van der Waals surface area contributed by atoms with E-state index in [4.69, 9.17) is 11.5 Å². The molecule has 6 fully saturated rings. The number of hydrogen-bond acceptors (Lipinski definition) is 20. The highest BCUT2D eigenvalue weighted by atomic mass is 19.1. The molecule has 14 rings (SSSR count). The number of hydrogen-bond donors (Lipinski definition) is 12. The van der Waals surface area contributed by atoms with Crippen LogP contribution in [0.5, 0.6) is 0 Å². The number of nitrogens with zero attached hydrogens (tertiary/aromatic N) is 6. The second-order valence-corrected chi connectivity index (χ2v) is 23.8. The van der Waals surface area contributed by atoms with Crippen LogP contribution in [0.4, 0.5) is 42.9 Å². The van der Waals surface area contributed by atoms with E-state index in [0.717, 1.165) is 20.9 Å². The van der Waals surface area contributed by atoms with Gasteiger partial charge >= 0.3 is 23.3 Å². The van der Waals surface area contributed by atoms with Gasteiger partial charge in [-0.25, -0.2) is 47.3 Å². The van der Waals surface area contributed by atoms with Gasteiger partial charge in [0.1, 0.15) is 57.2 Å². The van der Waals surface area contributed by atoms with Crippen molar-refractivity contribution in [3.63, 3.8) is 0 Å². The van der Waals surface area contributed by atoms with Crippen molar-refractivity contribution in [2.75, 3.05) is 22.1 Å². The standard InChI is InChI=1S/2C29H29FN8O7/c1-13(28-4-7-29(8-5-28,9-6-28)25(43)44)33-23(41)17-11-18(38-26(35-17)36-37-27(38)45)24(42)32-12-14-2-3-15(30)16(10-14)34-20-19(31)21(39)22(20)40;1-13(28-4-7-29(8-5-28,9-6-28)25(43)44)33-24(42)18-11-17(35-26-36-37-27(45)38(18)26)23(41)32-12-14-2-3-15(30)16(10-14)34-20-19(31)21(39)22(20)40/h2-3,10-11,13,34H,4-9,12,31H2,1H3,(H,32,42)(H,33,41)(H,37,45)(H,43,44);2-3,10-11,13,34H,4-9,12,31H2,1H3,(H,32,41)(H,33,42)(H,37,45)(H,43,44). The highest BCUT2D eigenvalue weighted by Crippen LogP contribution is 2.59. The summed E-state index contributed by atoms with van der Waals surface area (Å²) >= 11 is 0. The molecule has 4 amide bonds. The Balaban J connectivity index is 0.000000185. The summed E-state index contributed by atoms with van der Waals surface area (Å²) in [5, 5.41) is 47.6. The van der Waals surface area contributed by atoms with Crippen molar-refractivity contribution in [1.82, 2.24) is 60.4 Å². The van der Waals surface area contributed by atoms with E-state index in [1.54, 1.807) is 0 Å². The van der Waals surface area contributed by atoms with Gasteiger partial charge in [-0.15, -0.1) is 10.2 Å². The normalized spacial score (nSPS) is 21.5. The molecule has 0 radical (unpaired) electrons. The number of halogens is 2. The number of nitrogens with two attached hydrogens (primary N) is 2. The molecule has 2 unspecified atom stereocenters. The molecule has 2 atom stereocenters. The highest BCUT2D eigenvalue weighted by molar-refractivity contribution is 5.99. The van der Waals surface area contributed by atoms with Crippen molar-refractivity contribution >= 4 is 81.2 Å². The third-order valence-corrected chi connectivity index (χ3v) is 19.1. The molecule has 30 nitrogen and oxygen atoms in total. The third-order valence-electron chi connectivity index (χ3n) is 19.1. The van der Waals surface area contributed by atoms with Crippen LogP contribution in [0.15, 0.2) is 77.3 Å². The molecule has 6 aliphatic carbocycles. The molecular formula is C58H58F2N16O14. The maximum Gasteiger partial charge on any atom is 0.349 e. The van der Waals surface area contributed by atoms with Crippen molar-refractivity contribution in [3.05, 3.63) is 156 Å². The van der Waals surface area contributed by atoms with Crippen LogP contribution in [0.25, 0.3) is 11.6 Å². The van der Waals surface area contributed by atoms with Gasteiger partial charge in [0.15, 0.2) is 0 Å². The first kappa shape index (κ1) is 60.9. The second kappa shape index (κ2) is 22.7. The first-order valence-electron chi connectivity index (χ1n) is 28.6. The topological polar surface area (TPSA) is 461 Å². The fourth-order valence-corrected chi connectivity index (χ4v) is 13.1. The molecule has 4 heterocycles. The predicted molar refractivity (Wildman–Crippen MR) is 315 cm³/mol. The van der Waals surface area contributed by atoms with Crippen molar-refractivity contribution < 1.29 is 47.8 Å². The number of aromatic amines is 2. The molecule has 0 aliphatic heterocycles. The van der Waals surface area contributed by atoms with E-state index in [0.29, 0.717) is 88.2 Å². The number of benzene rings is 2. The quantitative estimate of drug-likeness (QED) is 0.0546. The first-order chi connectivity index (χ1) is 42.7. The number of nitrogens with one attached hydrogen (secondary N) is 8. The summed E-state index contributed by atoms with van der Waals surface area (Å²) < 4.78 is 30.6. The summed E-state index contributed by atoms with van der Waals surface area (Å²) in [6, 6.07) is 9.30. The van der Waals surface area contributed by atoms with E-state index < -0.39 is 91.1 Å². The number of aliphatic carboxylic acids is 2. The summed E-state index contributed by atoms with van der Waals surface area (Å²) in [7, 11) is 0. The molecule has 4 bridgehead atoms. The van der Waals surface area contributed by atoms with Gasteiger partial charge in [0.2, 0.25) is 0 Å². The average molecular weight is 1240 g/mol. The third kappa shape index (κ3) is 10.6. The Morgan fingerprint density at radius 2 is 0.900 bits per heavy atom. The van der Waals surface area contributed by atoms with Crippen molar-refractivity contribution in [1.29, 1.82) is 0 Å². The van der Waals surface area contributed by atoms with Gasteiger partial charge in [0.05, 0.1) is 22.2 Å². The maximum absolute atomic E-state index is 14.4. The van der Waals surface area contributed by atoms with Crippen LogP contribution in [-0.4, -0.2) is 97.0 Å². The Morgan fingerprint density at radius 1 is 0.533 bits per heavy atom. The lowest BCUT2D eigenvalue weighted by Crippen LogP contribution is -2.54. The fraction of sp³-hybridized carbons (Fsp3) is 0.379. The number of fused-ring (bicyclic) bond motifs is 8. The zero-order valence-electron chi connectivity index (χ0n) is 48.1. The SMILES string of the molecule is CC(NC(=O)c1cc(C(=O)NCc2ccc(F)c(Nc3c(N)c(=O)c3=O)c2)n2c(=O)[nH]nc2n1)C12CCC(C(=O)O)(CC1)CC2.CC(NC(=O)c1cc(C(=O)NCc2ccc(F)c(Nc3c(N)c(=O)c3=O)c2)nc2n[nH]c(=O)n12)C12CCC(C(=O)O)(CC1)CC2. The number of anilines is 6. The molecule has 0 saturated heterocycles. The second-order valence-electron chi connectivity index (χ2n) is 23.8. The Labute approximate surface area is 503 Å². The van der Waals surface area contributed by atoms with E-state index in [2.05, 4.69) is 62.3 Å². The fourth-order valence-electron chi connectivity index (χ4n) is 13.1. The number of amides is 4. The van der Waals surface area contributed by atoms with Crippen LogP contribution in [0, 0.1) is 33.3 Å². The minimum absolute atomic E-state index is 0.117. The number of aromatic nitrogens is 8. The Kier molecular flexibility index (Phi) is 15.4. The lowest BCUT2D eigenvalue weighted by molar-refractivity contribution is -0.160. The monoisotopic (exact) mass is 1240 g/mol. The highest BCUT2D eigenvalue weighted by Gasteiger charge is 2.56. The number of carboxylic acid groups (broad SMARTS) is 2. The molecule has 32 heteroatoms. The van der Waals surface area contributed by atoms with Crippen LogP contribution in [-0.2, 0) is 22.7 Å². The molecular weight excluding hydrogens is 1180 g/mol. The molecule has 468 valence electrons. The largest absolute Gasteiger partial charge is 0.481 e. The average Bonchev–Trinajstić information content (AvgIpc) is 1.04. The molecule has 8 aromatic rings. The molecule has 4 aromatic carbocycles. The van der Waals surface area contributed by atoms with Gasteiger partial charge in [-0.3, -0.25) is 47.9 Å². The van der Waals surface area contributed by atoms with Crippen LogP contribution in [0.2, 0.25) is 0 Å². The smallest absolute Gasteiger partial charge is 0.349 e. The number of H-pyrrole nitrogens is 2. The van der Waals surface area contributed by atoms with Gasteiger partial charge < -0.3 is 53.6 Å². The van der Waals surface area contributed by atoms with E-state index >= 15 is 0 Å². The van der Waals surface area contributed by atoms with Gasteiger partial charge in [0.25, 0.3) is 56.9 Å². The lowest BCUT2D eigenvalue weighted by atomic mass is 9.52. The molecule has 6 saturated carbocycles. The molecule has 14 N–H and O–H groups in total. The lowest BCUT2D eigenvalue weighted by Gasteiger charge is -2.54. The maximum atomic E-state index is 14.4. The minimum Gasteiger partial charge on any atom is -0.481 e. The Morgan fingerprint density at radius 3 is 1.29 bits per heavy atom. The zero-order valence-corrected chi connectivity index (χ0v) is 48.1. The zero-order chi connectivity index (χ0) is 64.5. The van der Waals surface area contributed by atoms with Crippen molar-refractivity contribution in [2.45, 2.75) is 116 Å². The molecule has 90 heavy (non-hydrogen) atoms. The van der Waals surface area contributed by atoms with E-state index in [1.165, 1.54) is 36.4 Å². The Hall–Kier alpha value is -10.8. The summed E-state index contributed by atoms with van der Waals surface area (Å²) in [6.45, 7) is 3.47. The van der Waals surface area contributed by atoms with Crippen LogP contribution in [0.3, 0.4) is 0 Å². The first-order valence-corrected chi connectivity index (χ1v) is 28.6. The predicted octanol–water partition coefficient (Wildman–Crippen LogP) is 1.90. The molecule has 6 aliphatic rings. The summed E-state index contributed by atoms with van der Waals surface area (Å²) in [5.74, 6) is -6.11. The summed E-state index contributed by atoms with van der Waals surface area (Å²) in [4.78, 5) is 156. The number of rotatable bonds is 18. The number of carbonyl (C=O) groups is 6. The van der Waals surface area contributed by atoms with E-state index in [-0.39, 0.29) is 104 Å². The van der Waals surface area contributed by atoms with Crippen LogP contribution in [0.1, 0.15) is 144 Å². The van der Waals surface area contributed by atoms with Crippen LogP contribution < -0.4 is 76.5 Å². The molecule has 0 spiro atoms. The Bertz CT molecular complexity index is 4580. The van der Waals surface area contributed by atoms with Gasteiger partial charge in [-0.2, -0.15) is 0 Å². The van der Waals surface area contributed by atoms with Gasteiger partial charge in [-0.1, -0.05) is 12.1 Å². The number of nitrogen functional groups attached to an aromatic ring is 2. The summed E-state index contributed by atoms with van der Waals surface area (Å²) in [6.07, 6.45) is 7.15. The number of carboxylic acids is 2. The van der Waals surface area contributed by atoms with Gasteiger partial charge in [-0.05, 0) is 149 Å². The van der Waals surface area contributed by atoms with Gasteiger partial charge in [0, 0.05) is 25.2 Å². The van der Waals surface area contributed by atoms with E-state index in [1.807, 2.05) is 13.8 Å². The number of carbonyl (C=O) groups excluding carboxylic acids is 4. The van der Waals surface area contributed by atoms with E-state index in [9.17, 15) is 76.5 Å². The van der Waals surface area contributed by atoms with Crippen LogP contribution >= 0.6 is 0 Å². The minimum atomic E-state index is -0.871. The molecule has 4 aromatic heterocycles. The summed E-state index contributed by atoms with van der Waals surface area (Å²) in [5.41, 5.74) is 2.86. The van der Waals surface area contributed by atoms with Crippen molar-refractivity contribution in [3.8, 4) is 0 Å². The van der Waals surface area contributed by atoms with Crippen molar-refractivity contribution in [2.24, 2.45) is 21.7 Å².